The molecule has 0 amide bonds. The summed E-state index contributed by atoms with van der Waals surface area (Å²) in [6.45, 7) is 6.60. The van der Waals surface area contributed by atoms with Gasteiger partial charge in [0, 0.05) is 0 Å². The van der Waals surface area contributed by atoms with E-state index in [1.807, 2.05) is 24.3 Å². The average Bonchev–Trinajstić information content (AvgIpc) is 3.09. The van der Waals surface area contributed by atoms with Crippen LogP contribution in [0.15, 0.2) is 24.3 Å². The first-order chi connectivity index (χ1) is 8.44. The van der Waals surface area contributed by atoms with Gasteiger partial charge in [-0.3, -0.25) is 0 Å². The van der Waals surface area contributed by atoms with E-state index in [4.69, 9.17) is 4.74 Å². The Morgan fingerprint density at radius 1 is 1.33 bits per heavy atom. The lowest BCUT2D eigenvalue weighted by Crippen LogP contribution is -2.08. The van der Waals surface area contributed by atoms with Crippen molar-refractivity contribution in [1.29, 1.82) is 0 Å². The molecule has 1 fully saturated rings. The molecule has 1 unspecified atom stereocenters. The first kappa shape index (κ1) is 13.4. The molecule has 1 atom stereocenters. The molecular weight excluding hydrogens is 224 g/mol. The molecule has 18 heavy (non-hydrogen) atoms. The molecule has 1 saturated carbocycles. The van der Waals surface area contributed by atoms with E-state index >= 15 is 0 Å². The number of aliphatic hydroxyl groups excluding tert-OH is 1. The molecule has 0 aromatic heterocycles. The van der Waals surface area contributed by atoms with Crippen LogP contribution >= 0.6 is 0 Å². The van der Waals surface area contributed by atoms with Gasteiger partial charge >= 0.3 is 0 Å². The number of hydrogen-bond acceptors (Lipinski definition) is 2. The molecule has 1 aromatic rings. The third-order valence-corrected chi connectivity index (χ3v) is 3.24. The highest BCUT2D eigenvalue weighted by atomic mass is 16.5. The van der Waals surface area contributed by atoms with Crippen LogP contribution in [0.5, 0.6) is 5.75 Å². The van der Waals surface area contributed by atoms with Crippen molar-refractivity contribution in [3.63, 3.8) is 0 Å². The fourth-order valence-electron chi connectivity index (χ4n) is 1.91. The van der Waals surface area contributed by atoms with Crippen molar-refractivity contribution >= 4 is 0 Å². The standard InChI is InChI=1S/C16H24O2/c1-16(2,3)10-9-15(17)12-5-4-6-14(11-12)18-13-7-8-13/h4-6,11,13,15,17H,7-10H2,1-3H3. The van der Waals surface area contributed by atoms with Gasteiger partial charge in [-0.05, 0) is 48.8 Å². The third-order valence-electron chi connectivity index (χ3n) is 3.24. The first-order valence-electron chi connectivity index (χ1n) is 6.89. The van der Waals surface area contributed by atoms with Gasteiger partial charge in [-0.1, -0.05) is 32.9 Å². The van der Waals surface area contributed by atoms with E-state index in [9.17, 15) is 5.11 Å². The van der Waals surface area contributed by atoms with E-state index in [1.165, 1.54) is 0 Å². The minimum Gasteiger partial charge on any atom is -0.490 e. The Morgan fingerprint density at radius 2 is 2.06 bits per heavy atom. The fraction of sp³-hybridized carbons (Fsp3) is 0.625. The van der Waals surface area contributed by atoms with E-state index in [0.717, 1.165) is 37.0 Å². The monoisotopic (exact) mass is 248 g/mol. The van der Waals surface area contributed by atoms with E-state index in [1.54, 1.807) is 0 Å². The van der Waals surface area contributed by atoms with Crippen LogP contribution in [0.4, 0.5) is 0 Å². The predicted molar refractivity (Wildman–Crippen MR) is 73.7 cm³/mol. The number of hydrogen-bond donors (Lipinski definition) is 1. The fourth-order valence-corrected chi connectivity index (χ4v) is 1.91. The molecule has 2 nitrogen and oxygen atoms in total. The van der Waals surface area contributed by atoms with Crippen molar-refractivity contribution in [3.05, 3.63) is 29.8 Å². The van der Waals surface area contributed by atoms with Crippen LogP contribution in [0.25, 0.3) is 0 Å². The summed E-state index contributed by atoms with van der Waals surface area (Å²) in [5.74, 6) is 0.893. The van der Waals surface area contributed by atoms with E-state index in [-0.39, 0.29) is 11.5 Å². The molecule has 0 spiro atoms. The SMILES string of the molecule is CC(C)(C)CCC(O)c1cccc(OC2CC2)c1. The highest BCUT2D eigenvalue weighted by molar-refractivity contribution is 5.30. The molecule has 1 N–H and O–H groups in total. The molecule has 0 radical (unpaired) electrons. The van der Waals surface area contributed by atoms with Crippen LogP contribution in [-0.2, 0) is 0 Å². The number of rotatable bonds is 5. The van der Waals surface area contributed by atoms with Crippen molar-refractivity contribution in [3.8, 4) is 5.75 Å². The molecule has 2 heteroatoms. The molecule has 0 saturated heterocycles. The molecule has 2 rings (SSSR count). The topological polar surface area (TPSA) is 29.5 Å². The summed E-state index contributed by atoms with van der Waals surface area (Å²) in [5.41, 5.74) is 1.24. The van der Waals surface area contributed by atoms with Gasteiger partial charge in [0.1, 0.15) is 5.75 Å². The Hall–Kier alpha value is -1.02. The van der Waals surface area contributed by atoms with E-state index in [0.29, 0.717) is 6.10 Å². The van der Waals surface area contributed by atoms with Crippen LogP contribution in [-0.4, -0.2) is 11.2 Å². The van der Waals surface area contributed by atoms with Crippen molar-refractivity contribution in [1.82, 2.24) is 0 Å². The van der Waals surface area contributed by atoms with Crippen molar-refractivity contribution in [2.75, 3.05) is 0 Å². The number of aliphatic hydroxyl groups is 1. The van der Waals surface area contributed by atoms with Crippen LogP contribution in [0.2, 0.25) is 0 Å². The van der Waals surface area contributed by atoms with Gasteiger partial charge in [-0.15, -0.1) is 0 Å². The maximum absolute atomic E-state index is 10.2. The summed E-state index contributed by atoms with van der Waals surface area (Å²) in [7, 11) is 0. The highest BCUT2D eigenvalue weighted by Crippen LogP contribution is 2.31. The Morgan fingerprint density at radius 3 is 2.67 bits per heavy atom. The second-order valence-corrected chi connectivity index (χ2v) is 6.50. The minimum atomic E-state index is -0.382. The molecule has 0 heterocycles. The highest BCUT2D eigenvalue weighted by Gasteiger charge is 2.23. The molecule has 100 valence electrons. The van der Waals surface area contributed by atoms with Crippen LogP contribution in [0, 0.1) is 5.41 Å². The smallest absolute Gasteiger partial charge is 0.120 e. The van der Waals surface area contributed by atoms with Gasteiger partial charge in [-0.2, -0.15) is 0 Å². The molecule has 0 bridgehead atoms. The second-order valence-electron chi connectivity index (χ2n) is 6.50. The maximum atomic E-state index is 10.2. The van der Waals surface area contributed by atoms with Crippen molar-refractivity contribution in [2.24, 2.45) is 5.41 Å². The quantitative estimate of drug-likeness (QED) is 0.850. The van der Waals surface area contributed by atoms with Crippen LogP contribution < -0.4 is 4.74 Å². The lowest BCUT2D eigenvalue weighted by Gasteiger charge is -2.20. The summed E-state index contributed by atoms with van der Waals surface area (Å²) in [6.07, 6.45) is 4.17. The zero-order valence-electron chi connectivity index (χ0n) is 11.6. The number of ether oxygens (including phenoxy) is 1. The van der Waals surface area contributed by atoms with E-state index < -0.39 is 0 Å². The van der Waals surface area contributed by atoms with Crippen molar-refractivity contribution in [2.45, 2.75) is 58.7 Å². The van der Waals surface area contributed by atoms with E-state index in [2.05, 4.69) is 20.8 Å². The van der Waals surface area contributed by atoms with Gasteiger partial charge in [0.2, 0.25) is 0 Å². The Kier molecular flexibility index (Phi) is 3.96. The molecule has 0 aliphatic heterocycles. The van der Waals surface area contributed by atoms with Gasteiger partial charge < -0.3 is 9.84 Å². The zero-order valence-corrected chi connectivity index (χ0v) is 11.6. The summed E-state index contributed by atoms with van der Waals surface area (Å²) in [6, 6.07) is 7.89. The Labute approximate surface area is 110 Å². The van der Waals surface area contributed by atoms with Gasteiger partial charge in [0.25, 0.3) is 0 Å². The lowest BCUT2D eigenvalue weighted by molar-refractivity contribution is 0.147. The molecule has 1 aromatic carbocycles. The summed E-state index contributed by atoms with van der Waals surface area (Å²) in [4.78, 5) is 0. The molecule has 1 aliphatic carbocycles. The summed E-state index contributed by atoms with van der Waals surface area (Å²) >= 11 is 0. The van der Waals surface area contributed by atoms with Gasteiger partial charge in [-0.25, -0.2) is 0 Å². The lowest BCUT2D eigenvalue weighted by atomic mass is 9.88. The van der Waals surface area contributed by atoms with Crippen LogP contribution in [0.1, 0.15) is 58.1 Å². The number of benzene rings is 1. The zero-order chi connectivity index (χ0) is 13.2. The predicted octanol–water partition coefficient (Wildman–Crippen LogP) is 4.09. The third kappa shape index (κ3) is 4.34. The second kappa shape index (κ2) is 5.31. The first-order valence-corrected chi connectivity index (χ1v) is 6.89. The summed E-state index contributed by atoms with van der Waals surface area (Å²) < 4.78 is 5.75. The molecular formula is C16H24O2. The Balaban J connectivity index is 1.93. The van der Waals surface area contributed by atoms with Crippen LogP contribution in [0.3, 0.4) is 0 Å². The maximum Gasteiger partial charge on any atom is 0.120 e. The van der Waals surface area contributed by atoms with Gasteiger partial charge in [0.05, 0.1) is 12.2 Å². The van der Waals surface area contributed by atoms with Gasteiger partial charge in [0.15, 0.2) is 0 Å². The average molecular weight is 248 g/mol. The largest absolute Gasteiger partial charge is 0.490 e. The Bertz CT molecular complexity index is 388. The molecule has 1 aliphatic rings. The minimum absolute atomic E-state index is 0.267. The summed E-state index contributed by atoms with van der Waals surface area (Å²) in [5, 5.41) is 10.2. The van der Waals surface area contributed by atoms with Crippen molar-refractivity contribution < 1.29 is 9.84 Å². The normalized spacial score (nSPS) is 17.6.